The van der Waals surface area contributed by atoms with Crippen molar-refractivity contribution in [2.45, 2.75) is 25.2 Å². The van der Waals surface area contributed by atoms with E-state index in [1.54, 1.807) is 24.3 Å². The Balaban J connectivity index is 1.65. The van der Waals surface area contributed by atoms with Crippen molar-refractivity contribution in [2.75, 3.05) is 13.1 Å². The van der Waals surface area contributed by atoms with Crippen LogP contribution < -0.4 is 5.32 Å². The Morgan fingerprint density at radius 3 is 2.45 bits per heavy atom. The Morgan fingerprint density at radius 1 is 1.09 bits per heavy atom. The average molecular weight is 314 g/mol. The van der Waals surface area contributed by atoms with Gasteiger partial charge in [-0.15, -0.1) is 0 Å². The number of ketones is 1. The Kier molecular flexibility index (Phi) is 4.91. The predicted octanol–water partition coefficient (Wildman–Crippen LogP) is 4.23. The first kappa shape index (κ1) is 15.3. The summed E-state index contributed by atoms with van der Waals surface area (Å²) >= 11 is 5.85. The standard InChI is InChI=1S/C19H20ClNO/c20-18-9-7-16(8-10-18)19(22)12-14-3-5-15(6-4-14)17-2-1-11-21-13-17/h3-10,17,21H,1-2,11-13H2. The minimum absolute atomic E-state index is 0.128. The molecular formula is C19H20ClNO. The van der Waals surface area contributed by atoms with Crippen molar-refractivity contribution >= 4 is 17.4 Å². The molecule has 0 bridgehead atoms. The molecule has 2 aromatic carbocycles. The zero-order valence-electron chi connectivity index (χ0n) is 12.5. The maximum atomic E-state index is 12.3. The fourth-order valence-electron chi connectivity index (χ4n) is 2.97. The number of piperidine rings is 1. The number of Topliss-reactive ketones (excluding diaryl/α,β-unsaturated/α-hetero) is 1. The van der Waals surface area contributed by atoms with Gasteiger partial charge in [0, 0.05) is 23.6 Å². The Morgan fingerprint density at radius 2 is 1.82 bits per heavy atom. The average Bonchev–Trinajstić information content (AvgIpc) is 2.57. The third kappa shape index (κ3) is 3.76. The van der Waals surface area contributed by atoms with E-state index in [0.717, 1.165) is 18.7 Å². The fourth-order valence-corrected chi connectivity index (χ4v) is 3.09. The van der Waals surface area contributed by atoms with Crippen LogP contribution in [0.4, 0.5) is 0 Å². The largest absolute Gasteiger partial charge is 0.316 e. The van der Waals surface area contributed by atoms with Crippen molar-refractivity contribution in [3.8, 4) is 0 Å². The minimum atomic E-state index is 0.128. The van der Waals surface area contributed by atoms with Gasteiger partial charge in [0.05, 0.1) is 0 Å². The summed E-state index contributed by atoms with van der Waals surface area (Å²) in [5, 5.41) is 4.10. The van der Waals surface area contributed by atoms with Crippen LogP contribution in [0.1, 0.15) is 40.2 Å². The molecule has 22 heavy (non-hydrogen) atoms. The lowest BCUT2D eigenvalue weighted by atomic mass is 9.90. The molecule has 0 saturated carbocycles. The van der Waals surface area contributed by atoms with Gasteiger partial charge in [-0.25, -0.2) is 0 Å². The number of carbonyl (C=O) groups is 1. The minimum Gasteiger partial charge on any atom is -0.316 e. The van der Waals surface area contributed by atoms with Gasteiger partial charge in [0.1, 0.15) is 0 Å². The van der Waals surface area contributed by atoms with Crippen LogP contribution in [0, 0.1) is 0 Å². The van der Waals surface area contributed by atoms with Crippen molar-refractivity contribution in [2.24, 2.45) is 0 Å². The zero-order chi connectivity index (χ0) is 15.4. The molecule has 1 heterocycles. The summed E-state index contributed by atoms with van der Waals surface area (Å²) in [7, 11) is 0. The molecule has 0 aromatic heterocycles. The van der Waals surface area contributed by atoms with Gasteiger partial charge >= 0.3 is 0 Å². The molecular weight excluding hydrogens is 294 g/mol. The molecule has 114 valence electrons. The van der Waals surface area contributed by atoms with Gasteiger partial charge in [-0.1, -0.05) is 35.9 Å². The first-order valence-electron chi connectivity index (χ1n) is 7.81. The van der Waals surface area contributed by atoms with Gasteiger partial charge in [0.25, 0.3) is 0 Å². The lowest BCUT2D eigenvalue weighted by Gasteiger charge is -2.23. The van der Waals surface area contributed by atoms with Crippen molar-refractivity contribution in [1.82, 2.24) is 5.32 Å². The third-order valence-electron chi connectivity index (χ3n) is 4.28. The number of carbonyl (C=O) groups excluding carboxylic acids is 1. The summed E-state index contributed by atoms with van der Waals surface area (Å²) in [6, 6.07) is 15.6. The van der Waals surface area contributed by atoms with E-state index in [2.05, 4.69) is 29.6 Å². The molecule has 0 amide bonds. The molecule has 1 saturated heterocycles. The highest BCUT2D eigenvalue weighted by Crippen LogP contribution is 2.23. The highest BCUT2D eigenvalue weighted by Gasteiger charge is 2.15. The highest BCUT2D eigenvalue weighted by molar-refractivity contribution is 6.30. The number of hydrogen-bond acceptors (Lipinski definition) is 2. The molecule has 1 N–H and O–H groups in total. The normalized spacial score (nSPS) is 18.1. The summed E-state index contributed by atoms with van der Waals surface area (Å²) in [6.45, 7) is 2.19. The molecule has 3 rings (SSSR count). The molecule has 0 spiro atoms. The zero-order valence-corrected chi connectivity index (χ0v) is 13.3. The quantitative estimate of drug-likeness (QED) is 0.856. The smallest absolute Gasteiger partial charge is 0.167 e. The summed E-state index contributed by atoms with van der Waals surface area (Å²) in [4.78, 5) is 12.3. The SMILES string of the molecule is O=C(Cc1ccc(C2CCCNC2)cc1)c1ccc(Cl)cc1. The second-order valence-corrected chi connectivity index (χ2v) is 6.33. The van der Waals surface area contributed by atoms with E-state index >= 15 is 0 Å². The number of rotatable bonds is 4. The molecule has 0 radical (unpaired) electrons. The maximum Gasteiger partial charge on any atom is 0.167 e. The number of hydrogen-bond donors (Lipinski definition) is 1. The van der Waals surface area contributed by atoms with Crippen molar-refractivity contribution in [3.05, 3.63) is 70.2 Å². The van der Waals surface area contributed by atoms with Crippen LogP contribution in [-0.2, 0) is 6.42 Å². The van der Waals surface area contributed by atoms with Gasteiger partial charge in [-0.2, -0.15) is 0 Å². The van der Waals surface area contributed by atoms with Crippen LogP contribution in [-0.4, -0.2) is 18.9 Å². The molecule has 0 aliphatic carbocycles. The van der Waals surface area contributed by atoms with Crippen LogP contribution in [0.5, 0.6) is 0 Å². The lowest BCUT2D eigenvalue weighted by molar-refractivity contribution is 0.0993. The van der Waals surface area contributed by atoms with Crippen LogP contribution in [0.3, 0.4) is 0 Å². The van der Waals surface area contributed by atoms with Crippen molar-refractivity contribution in [3.63, 3.8) is 0 Å². The van der Waals surface area contributed by atoms with Gasteiger partial charge in [0.2, 0.25) is 0 Å². The topological polar surface area (TPSA) is 29.1 Å². The molecule has 3 heteroatoms. The summed E-state index contributed by atoms with van der Waals surface area (Å²) in [5.41, 5.74) is 3.15. The molecule has 1 aliphatic heterocycles. The Hall–Kier alpha value is -1.64. The monoisotopic (exact) mass is 313 g/mol. The van der Waals surface area contributed by atoms with Crippen molar-refractivity contribution < 1.29 is 4.79 Å². The highest BCUT2D eigenvalue weighted by atomic mass is 35.5. The van der Waals surface area contributed by atoms with Crippen LogP contribution in [0.15, 0.2) is 48.5 Å². The molecule has 1 unspecified atom stereocenters. The van der Waals surface area contributed by atoms with E-state index in [1.165, 1.54) is 18.4 Å². The molecule has 2 nitrogen and oxygen atoms in total. The van der Waals surface area contributed by atoms with E-state index in [1.807, 2.05) is 0 Å². The predicted molar refractivity (Wildman–Crippen MR) is 90.8 cm³/mol. The second kappa shape index (κ2) is 7.08. The number of halogens is 1. The van der Waals surface area contributed by atoms with Gasteiger partial charge in [-0.05, 0) is 60.7 Å². The summed E-state index contributed by atoms with van der Waals surface area (Å²) < 4.78 is 0. The molecule has 1 aliphatic rings. The summed E-state index contributed by atoms with van der Waals surface area (Å²) in [5.74, 6) is 0.735. The van der Waals surface area contributed by atoms with E-state index in [9.17, 15) is 4.79 Å². The van der Waals surface area contributed by atoms with Crippen molar-refractivity contribution in [1.29, 1.82) is 0 Å². The Labute approximate surface area is 136 Å². The van der Waals surface area contributed by atoms with Gasteiger partial charge < -0.3 is 5.32 Å². The van der Waals surface area contributed by atoms with E-state index in [0.29, 0.717) is 22.9 Å². The van der Waals surface area contributed by atoms with E-state index in [4.69, 9.17) is 11.6 Å². The lowest BCUT2D eigenvalue weighted by Crippen LogP contribution is -2.28. The molecule has 2 aromatic rings. The van der Waals surface area contributed by atoms with E-state index < -0.39 is 0 Å². The second-order valence-electron chi connectivity index (χ2n) is 5.89. The first-order valence-corrected chi connectivity index (χ1v) is 8.18. The summed E-state index contributed by atoms with van der Waals surface area (Å²) in [6.07, 6.45) is 2.92. The molecule has 1 fully saturated rings. The Bertz CT molecular complexity index is 627. The maximum absolute atomic E-state index is 12.3. The fraction of sp³-hybridized carbons (Fsp3) is 0.316. The van der Waals surface area contributed by atoms with Crippen LogP contribution in [0.2, 0.25) is 5.02 Å². The van der Waals surface area contributed by atoms with Crippen LogP contribution >= 0.6 is 11.6 Å². The van der Waals surface area contributed by atoms with E-state index in [-0.39, 0.29) is 5.78 Å². The first-order chi connectivity index (χ1) is 10.7. The van der Waals surface area contributed by atoms with Crippen LogP contribution in [0.25, 0.3) is 0 Å². The molecule has 1 atom stereocenters. The number of benzene rings is 2. The van der Waals surface area contributed by atoms with Gasteiger partial charge in [-0.3, -0.25) is 4.79 Å². The van der Waals surface area contributed by atoms with Gasteiger partial charge in [0.15, 0.2) is 5.78 Å². The number of nitrogens with one attached hydrogen (secondary N) is 1. The third-order valence-corrected chi connectivity index (χ3v) is 4.53.